The normalized spacial score (nSPS) is 26.5. The van der Waals surface area contributed by atoms with Crippen molar-refractivity contribution in [2.24, 2.45) is 5.92 Å². The van der Waals surface area contributed by atoms with Crippen LogP contribution >= 0.6 is 0 Å². The molecule has 3 atom stereocenters. The van der Waals surface area contributed by atoms with Crippen LogP contribution in [0.25, 0.3) is 0 Å². The van der Waals surface area contributed by atoms with E-state index in [4.69, 9.17) is 9.47 Å². The summed E-state index contributed by atoms with van der Waals surface area (Å²) in [6.45, 7) is 8.09. The van der Waals surface area contributed by atoms with E-state index in [0.717, 1.165) is 38.6 Å². The number of ether oxygens (including phenoxy) is 2. The Bertz CT molecular complexity index is 1130. The Hall–Kier alpha value is -1.85. The van der Waals surface area contributed by atoms with Gasteiger partial charge >= 0.3 is 5.97 Å². The third kappa shape index (κ3) is 8.12. The number of carbonyl (C=O) groups excluding carboxylic acids is 1. The maximum atomic E-state index is 13.8. The summed E-state index contributed by atoms with van der Waals surface area (Å²) in [6.07, 6.45) is 6.25. The molecule has 0 amide bonds. The number of nitrogens with zero attached hydrogens (tertiary/aromatic N) is 2. The highest BCUT2D eigenvalue weighted by Crippen LogP contribution is 2.36. The lowest BCUT2D eigenvalue weighted by Crippen LogP contribution is -2.43. The predicted octanol–water partition coefficient (Wildman–Crippen LogP) is 5.38. The predicted molar refractivity (Wildman–Crippen MR) is 148 cm³/mol. The number of nitrogens with one attached hydrogen (secondary N) is 1. The number of halogens is 2. The minimum Gasteiger partial charge on any atom is -0.473 e. The average Bonchev–Trinajstić information content (AvgIpc) is 3.36. The molecule has 2 saturated carbocycles. The van der Waals surface area contributed by atoms with E-state index in [1.807, 2.05) is 0 Å². The fourth-order valence-corrected chi connectivity index (χ4v) is 7.77. The summed E-state index contributed by atoms with van der Waals surface area (Å²) in [4.78, 5) is 17.3. The summed E-state index contributed by atoms with van der Waals surface area (Å²) in [7, 11) is -4.05. The third-order valence-corrected chi connectivity index (χ3v) is 10.1. The van der Waals surface area contributed by atoms with E-state index in [1.165, 1.54) is 10.4 Å². The zero-order valence-electron chi connectivity index (χ0n) is 24.3. The van der Waals surface area contributed by atoms with Gasteiger partial charge in [0, 0.05) is 31.1 Å². The van der Waals surface area contributed by atoms with Crippen molar-refractivity contribution in [1.29, 1.82) is 0 Å². The van der Waals surface area contributed by atoms with Gasteiger partial charge in [0.05, 0.1) is 0 Å². The second-order valence-electron chi connectivity index (χ2n) is 12.7. The molecule has 3 fully saturated rings. The molecule has 4 rings (SSSR count). The van der Waals surface area contributed by atoms with E-state index < -0.39 is 33.6 Å². The number of pyridine rings is 1. The highest BCUT2D eigenvalue weighted by molar-refractivity contribution is 7.89. The van der Waals surface area contributed by atoms with Crippen LogP contribution in [-0.4, -0.2) is 66.5 Å². The lowest BCUT2D eigenvalue weighted by atomic mass is 9.85. The summed E-state index contributed by atoms with van der Waals surface area (Å²) in [6, 6.07) is 2.44. The Morgan fingerprint density at radius 1 is 1.12 bits per heavy atom. The summed E-state index contributed by atoms with van der Waals surface area (Å²) in [5, 5.41) is 3.46. The number of carbonyl (C=O) groups is 1. The van der Waals surface area contributed by atoms with Crippen molar-refractivity contribution in [3.05, 3.63) is 17.8 Å². The molecule has 1 saturated heterocycles. The van der Waals surface area contributed by atoms with Crippen molar-refractivity contribution >= 4 is 16.0 Å². The minimum absolute atomic E-state index is 0.0218. The van der Waals surface area contributed by atoms with Crippen LogP contribution in [-0.2, 0) is 19.6 Å². The molecule has 2 aliphatic carbocycles. The van der Waals surface area contributed by atoms with Crippen LogP contribution in [0.1, 0.15) is 97.1 Å². The van der Waals surface area contributed by atoms with E-state index >= 15 is 0 Å². The zero-order chi connectivity index (χ0) is 29.1. The monoisotopic (exact) mass is 585 g/mol. The molecule has 0 bridgehead atoms. The van der Waals surface area contributed by atoms with Gasteiger partial charge in [-0.05, 0) is 104 Å². The van der Waals surface area contributed by atoms with Gasteiger partial charge in [-0.25, -0.2) is 22.2 Å². The number of hydrogen-bond donors (Lipinski definition) is 1. The number of hydrogen-bond acceptors (Lipinski definition) is 7. The quantitative estimate of drug-likeness (QED) is 0.389. The Labute approximate surface area is 237 Å². The highest BCUT2D eigenvalue weighted by atomic mass is 32.2. The lowest BCUT2D eigenvalue weighted by molar-refractivity contribution is -0.158. The van der Waals surface area contributed by atoms with Gasteiger partial charge < -0.3 is 14.8 Å². The molecule has 40 heavy (non-hydrogen) atoms. The van der Waals surface area contributed by atoms with E-state index in [2.05, 4.69) is 10.3 Å². The van der Waals surface area contributed by atoms with Crippen LogP contribution in [0.3, 0.4) is 0 Å². The Morgan fingerprint density at radius 3 is 2.55 bits per heavy atom. The first kappa shape index (κ1) is 31.1. The van der Waals surface area contributed by atoms with Crippen LogP contribution in [0.5, 0.6) is 5.88 Å². The summed E-state index contributed by atoms with van der Waals surface area (Å²) in [5.74, 6) is -2.58. The molecule has 0 radical (unpaired) electrons. The first-order chi connectivity index (χ1) is 18.7. The molecule has 11 heteroatoms. The van der Waals surface area contributed by atoms with Gasteiger partial charge in [0.2, 0.25) is 21.8 Å². The van der Waals surface area contributed by atoms with Crippen molar-refractivity contribution in [3.63, 3.8) is 0 Å². The van der Waals surface area contributed by atoms with E-state index in [0.29, 0.717) is 37.3 Å². The SMILES string of the molecule is Cc1ccc(S(=O)(=O)N2CCC[C@H]2C(=O)OC(C)(C)C)c(O[C@@H]2CCC[C@H](CCNC3CCC(F)(F)CC3)C2)n1. The number of sulfonamides is 1. The van der Waals surface area contributed by atoms with Crippen LogP contribution in [0.4, 0.5) is 8.78 Å². The van der Waals surface area contributed by atoms with E-state index in [9.17, 15) is 22.0 Å². The molecule has 1 aliphatic heterocycles. The molecule has 0 spiro atoms. The Balaban J connectivity index is 1.39. The molecule has 1 N–H and O–H groups in total. The van der Waals surface area contributed by atoms with E-state index in [1.54, 1.807) is 33.8 Å². The van der Waals surface area contributed by atoms with E-state index in [-0.39, 0.29) is 42.3 Å². The molecular formula is C29H45F2N3O5S. The van der Waals surface area contributed by atoms with Crippen LogP contribution < -0.4 is 10.1 Å². The fraction of sp³-hybridized carbons (Fsp3) is 0.793. The smallest absolute Gasteiger partial charge is 0.324 e. The average molecular weight is 586 g/mol. The Morgan fingerprint density at radius 2 is 1.85 bits per heavy atom. The highest BCUT2D eigenvalue weighted by Gasteiger charge is 2.43. The van der Waals surface area contributed by atoms with Crippen molar-refractivity contribution in [3.8, 4) is 5.88 Å². The molecule has 226 valence electrons. The number of aromatic nitrogens is 1. The van der Waals surface area contributed by atoms with Crippen LogP contribution in [0.2, 0.25) is 0 Å². The number of alkyl halides is 2. The van der Waals surface area contributed by atoms with Gasteiger partial charge in [0.25, 0.3) is 0 Å². The second-order valence-corrected chi connectivity index (χ2v) is 14.6. The van der Waals surface area contributed by atoms with Crippen molar-refractivity contribution in [1.82, 2.24) is 14.6 Å². The molecular weight excluding hydrogens is 540 g/mol. The standard InChI is InChI=1S/C29H45F2N3O5S/c1-20-10-11-25(40(36,37)34-18-6-9-24(34)27(35)39-28(2,3)4)26(33-20)38-23-8-5-7-21(19-23)14-17-32-22-12-15-29(30,31)16-13-22/h10-11,21-24,32H,5-9,12-19H2,1-4H3/t21-,23-,24+/m1/s1. The fourth-order valence-electron chi connectivity index (χ4n) is 6.07. The van der Waals surface area contributed by atoms with Crippen molar-refractivity contribution < 1.29 is 31.5 Å². The molecule has 0 unspecified atom stereocenters. The van der Waals surface area contributed by atoms with Gasteiger partial charge in [-0.15, -0.1) is 0 Å². The molecule has 1 aromatic heterocycles. The molecule has 0 aromatic carbocycles. The molecule has 3 aliphatic rings. The topological polar surface area (TPSA) is 97.8 Å². The van der Waals surface area contributed by atoms with Gasteiger partial charge in [0.1, 0.15) is 22.6 Å². The first-order valence-electron chi connectivity index (χ1n) is 14.7. The summed E-state index contributed by atoms with van der Waals surface area (Å²) < 4.78 is 67.6. The lowest BCUT2D eigenvalue weighted by Gasteiger charge is -2.32. The molecule has 8 nitrogen and oxygen atoms in total. The zero-order valence-corrected chi connectivity index (χ0v) is 25.1. The number of esters is 1. The van der Waals surface area contributed by atoms with Gasteiger partial charge in [-0.2, -0.15) is 4.31 Å². The van der Waals surface area contributed by atoms with Gasteiger partial charge in [0.15, 0.2) is 0 Å². The molecule has 1 aromatic rings. The van der Waals surface area contributed by atoms with Crippen LogP contribution in [0, 0.1) is 12.8 Å². The molecule has 2 heterocycles. The maximum Gasteiger partial charge on any atom is 0.324 e. The van der Waals surface area contributed by atoms with Gasteiger partial charge in [-0.3, -0.25) is 4.79 Å². The van der Waals surface area contributed by atoms with Crippen molar-refractivity contribution in [2.75, 3.05) is 13.1 Å². The van der Waals surface area contributed by atoms with Gasteiger partial charge in [-0.1, -0.05) is 6.42 Å². The summed E-state index contributed by atoms with van der Waals surface area (Å²) in [5.41, 5.74) is -0.0684. The second kappa shape index (κ2) is 12.6. The first-order valence-corrected chi connectivity index (χ1v) is 16.2. The van der Waals surface area contributed by atoms with Crippen LogP contribution in [0.15, 0.2) is 17.0 Å². The summed E-state index contributed by atoms with van der Waals surface area (Å²) >= 11 is 0. The number of aryl methyl sites for hydroxylation is 1. The third-order valence-electron chi connectivity index (χ3n) is 8.15. The number of rotatable bonds is 9. The minimum atomic E-state index is -4.05. The van der Waals surface area contributed by atoms with Crippen molar-refractivity contribution in [2.45, 2.75) is 133 Å². The largest absolute Gasteiger partial charge is 0.473 e. The Kier molecular flexibility index (Phi) is 9.77. The maximum absolute atomic E-state index is 13.8.